The van der Waals surface area contributed by atoms with Crippen molar-refractivity contribution in [1.29, 1.82) is 0 Å². The van der Waals surface area contributed by atoms with Crippen LogP contribution in [0.5, 0.6) is 0 Å². The molecule has 2 aliphatic rings. The second-order valence-corrected chi connectivity index (χ2v) is 8.53. The number of nitrogens with zero attached hydrogens (tertiary/aromatic N) is 1. The van der Waals surface area contributed by atoms with Gasteiger partial charge in [-0.1, -0.05) is 51.7 Å². The summed E-state index contributed by atoms with van der Waals surface area (Å²) in [6, 6.07) is 1.36. The van der Waals surface area contributed by atoms with Crippen molar-refractivity contribution in [3.63, 3.8) is 0 Å². The molecule has 122 valence electrons. The molecule has 0 amide bonds. The normalized spacial score (nSPS) is 29.4. The lowest BCUT2D eigenvalue weighted by molar-refractivity contribution is 0.0464. The third-order valence-corrected chi connectivity index (χ3v) is 5.40. The van der Waals surface area contributed by atoms with Crippen molar-refractivity contribution >= 4 is 0 Å². The van der Waals surface area contributed by atoms with Crippen LogP contribution in [0.1, 0.15) is 66.7 Å². The van der Waals surface area contributed by atoms with E-state index in [1.54, 1.807) is 0 Å². The maximum Gasteiger partial charge on any atom is 0.0273 e. The van der Waals surface area contributed by atoms with Gasteiger partial charge < -0.3 is 5.32 Å². The highest BCUT2D eigenvalue weighted by molar-refractivity contribution is 5.01. The molecule has 0 radical (unpaired) electrons. The van der Waals surface area contributed by atoms with Crippen LogP contribution in [0.4, 0.5) is 0 Å². The third kappa shape index (κ3) is 4.82. The molecule has 1 N–H and O–H groups in total. The molecule has 1 aliphatic heterocycles. The van der Waals surface area contributed by atoms with Crippen LogP contribution in [0, 0.1) is 11.3 Å². The van der Waals surface area contributed by atoms with Crippen LogP contribution in [0.2, 0.25) is 0 Å². The first-order chi connectivity index (χ1) is 9.88. The van der Waals surface area contributed by atoms with Crippen LogP contribution in [0.15, 0.2) is 11.6 Å². The van der Waals surface area contributed by atoms with Crippen molar-refractivity contribution in [3.8, 4) is 0 Å². The van der Waals surface area contributed by atoms with Crippen molar-refractivity contribution in [2.75, 3.05) is 19.6 Å². The molecule has 2 heteroatoms. The van der Waals surface area contributed by atoms with Gasteiger partial charge in [0.1, 0.15) is 0 Å². The largest absolute Gasteiger partial charge is 0.311 e. The van der Waals surface area contributed by atoms with E-state index in [9.17, 15) is 0 Å². The second-order valence-electron chi connectivity index (χ2n) is 8.53. The van der Waals surface area contributed by atoms with Crippen LogP contribution in [-0.2, 0) is 0 Å². The van der Waals surface area contributed by atoms with E-state index < -0.39 is 0 Å². The van der Waals surface area contributed by atoms with Gasteiger partial charge in [0.15, 0.2) is 0 Å². The molecule has 1 aliphatic carbocycles. The van der Waals surface area contributed by atoms with Crippen molar-refractivity contribution in [3.05, 3.63) is 11.6 Å². The second kappa shape index (κ2) is 7.28. The van der Waals surface area contributed by atoms with E-state index in [1.165, 1.54) is 44.2 Å². The molecule has 0 bridgehead atoms. The van der Waals surface area contributed by atoms with Crippen LogP contribution < -0.4 is 5.32 Å². The number of piperazine rings is 1. The molecule has 21 heavy (non-hydrogen) atoms. The number of allylic oxidation sites excluding steroid dienone is 1. The van der Waals surface area contributed by atoms with Crippen LogP contribution in [0.25, 0.3) is 0 Å². The standard InChI is InChI=1S/C19H36N2/c1-15(2)11-12-21-14-17(16-9-7-6-8-10-16)20-13-18(21)19(3,4)5/h11,16-18,20H,6-10,12-14H2,1-5H3. The fraction of sp³-hybridized carbons (Fsp3) is 0.895. The summed E-state index contributed by atoms with van der Waals surface area (Å²) in [5.74, 6) is 0.911. The van der Waals surface area contributed by atoms with Crippen LogP contribution in [-0.4, -0.2) is 36.6 Å². The first-order valence-corrected chi connectivity index (χ1v) is 8.98. The summed E-state index contributed by atoms with van der Waals surface area (Å²) in [7, 11) is 0. The predicted octanol–water partition coefficient (Wildman–Crippen LogP) is 4.22. The zero-order valence-corrected chi connectivity index (χ0v) is 14.9. The molecule has 2 unspecified atom stereocenters. The maximum absolute atomic E-state index is 3.90. The minimum atomic E-state index is 0.347. The highest BCUT2D eigenvalue weighted by Gasteiger charge is 2.37. The molecule has 2 fully saturated rings. The molecule has 1 saturated heterocycles. The molecule has 0 aromatic heterocycles. The van der Waals surface area contributed by atoms with Gasteiger partial charge in [0.25, 0.3) is 0 Å². The Morgan fingerprint density at radius 2 is 1.81 bits per heavy atom. The van der Waals surface area contributed by atoms with Crippen molar-refractivity contribution < 1.29 is 0 Å². The first kappa shape index (κ1) is 17.0. The van der Waals surface area contributed by atoms with E-state index in [4.69, 9.17) is 0 Å². The number of hydrogen-bond acceptors (Lipinski definition) is 2. The molecule has 0 spiro atoms. The van der Waals surface area contributed by atoms with Gasteiger partial charge in [-0.2, -0.15) is 0 Å². The van der Waals surface area contributed by atoms with E-state index in [0.29, 0.717) is 11.5 Å². The molecule has 2 nitrogen and oxygen atoms in total. The lowest BCUT2D eigenvalue weighted by atomic mass is 9.79. The predicted molar refractivity (Wildman–Crippen MR) is 92.6 cm³/mol. The minimum Gasteiger partial charge on any atom is -0.311 e. The SMILES string of the molecule is CC(C)=CCN1CC(C2CCCCC2)NCC1C(C)(C)C. The first-order valence-electron chi connectivity index (χ1n) is 8.98. The van der Waals surface area contributed by atoms with Gasteiger partial charge in [0.2, 0.25) is 0 Å². The minimum absolute atomic E-state index is 0.347. The lowest BCUT2D eigenvalue weighted by Gasteiger charge is -2.48. The highest BCUT2D eigenvalue weighted by Crippen LogP contribution is 2.32. The molecular weight excluding hydrogens is 256 g/mol. The van der Waals surface area contributed by atoms with Gasteiger partial charge in [-0.3, -0.25) is 4.90 Å². The monoisotopic (exact) mass is 292 g/mol. The summed E-state index contributed by atoms with van der Waals surface area (Å²) in [6.07, 6.45) is 9.62. The zero-order chi connectivity index (χ0) is 15.5. The zero-order valence-electron chi connectivity index (χ0n) is 14.9. The Labute approximate surface area is 132 Å². The summed E-state index contributed by atoms with van der Waals surface area (Å²) in [5.41, 5.74) is 1.79. The van der Waals surface area contributed by atoms with E-state index in [0.717, 1.165) is 25.0 Å². The summed E-state index contributed by atoms with van der Waals surface area (Å²) in [6.45, 7) is 15.1. The summed E-state index contributed by atoms with van der Waals surface area (Å²) in [5, 5.41) is 3.90. The Bertz CT molecular complexity index is 343. The topological polar surface area (TPSA) is 15.3 Å². The molecule has 1 saturated carbocycles. The number of rotatable bonds is 3. The van der Waals surface area contributed by atoms with Gasteiger partial charge in [0.05, 0.1) is 0 Å². The van der Waals surface area contributed by atoms with Gasteiger partial charge >= 0.3 is 0 Å². The molecule has 0 aromatic carbocycles. The highest BCUT2D eigenvalue weighted by atomic mass is 15.2. The van der Waals surface area contributed by atoms with Gasteiger partial charge in [-0.15, -0.1) is 0 Å². The fourth-order valence-corrected chi connectivity index (χ4v) is 4.04. The Morgan fingerprint density at radius 3 is 2.38 bits per heavy atom. The molecule has 2 atom stereocenters. The average molecular weight is 293 g/mol. The maximum atomic E-state index is 3.90. The molecule has 0 aromatic rings. The molecule has 2 rings (SSSR count). The van der Waals surface area contributed by atoms with Crippen molar-refractivity contribution in [1.82, 2.24) is 10.2 Å². The van der Waals surface area contributed by atoms with Gasteiger partial charge in [-0.25, -0.2) is 0 Å². The van der Waals surface area contributed by atoms with Gasteiger partial charge in [0, 0.05) is 31.7 Å². The van der Waals surface area contributed by atoms with Crippen LogP contribution in [0.3, 0.4) is 0 Å². The van der Waals surface area contributed by atoms with E-state index >= 15 is 0 Å². The van der Waals surface area contributed by atoms with Crippen LogP contribution >= 0.6 is 0 Å². The summed E-state index contributed by atoms with van der Waals surface area (Å²) in [4.78, 5) is 2.74. The molecular formula is C19H36N2. The van der Waals surface area contributed by atoms with E-state index in [-0.39, 0.29) is 0 Å². The smallest absolute Gasteiger partial charge is 0.0273 e. The number of hydrogen-bond donors (Lipinski definition) is 1. The van der Waals surface area contributed by atoms with Crippen molar-refractivity contribution in [2.45, 2.75) is 78.8 Å². The Balaban J connectivity index is 2.03. The van der Waals surface area contributed by atoms with E-state index in [2.05, 4.69) is 50.9 Å². The summed E-state index contributed by atoms with van der Waals surface area (Å²) >= 11 is 0. The fourth-order valence-electron chi connectivity index (χ4n) is 4.04. The Hall–Kier alpha value is -0.340. The summed E-state index contributed by atoms with van der Waals surface area (Å²) < 4.78 is 0. The Morgan fingerprint density at radius 1 is 1.14 bits per heavy atom. The lowest BCUT2D eigenvalue weighted by Crippen LogP contribution is -2.62. The van der Waals surface area contributed by atoms with Crippen molar-refractivity contribution in [2.24, 2.45) is 11.3 Å². The Kier molecular flexibility index (Phi) is 5.90. The molecule has 1 heterocycles. The van der Waals surface area contributed by atoms with E-state index in [1.807, 2.05) is 0 Å². The average Bonchev–Trinajstić information content (AvgIpc) is 2.44. The number of nitrogens with one attached hydrogen (secondary N) is 1. The van der Waals surface area contributed by atoms with Gasteiger partial charge in [-0.05, 0) is 38.0 Å². The third-order valence-electron chi connectivity index (χ3n) is 5.40. The quantitative estimate of drug-likeness (QED) is 0.783.